The number of aliphatic hydroxyl groups is 2. The van der Waals surface area contributed by atoms with Crippen molar-refractivity contribution < 1.29 is 39.0 Å². The van der Waals surface area contributed by atoms with Gasteiger partial charge in [-0.2, -0.15) is 0 Å². The van der Waals surface area contributed by atoms with Crippen molar-refractivity contribution in [1.82, 2.24) is 35.1 Å². The van der Waals surface area contributed by atoms with E-state index in [2.05, 4.69) is 166 Å². The lowest BCUT2D eigenvalue weighted by atomic mass is 9.71. The van der Waals surface area contributed by atoms with Gasteiger partial charge in [0.25, 0.3) is 11.8 Å². The van der Waals surface area contributed by atoms with Gasteiger partial charge in [0.05, 0.1) is 18.2 Å². The number of carbonyl (C=O) groups excluding carboxylic acids is 6. The van der Waals surface area contributed by atoms with Crippen LogP contribution in [0.3, 0.4) is 0 Å². The van der Waals surface area contributed by atoms with Gasteiger partial charge in [-0.25, -0.2) is 0 Å². The number of Topliss-reactive ketones (excluding diaryl/α,β-unsaturated/α-hetero) is 1. The summed E-state index contributed by atoms with van der Waals surface area (Å²) in [4.78, 5) is 81.2. The fraction of sp³-hybridized carbons (Fsp3) is 0.923. The molecule has 0 aromatic carbocycles. The standard InChI is InChI=1S/C17H32N2O.C16H30N2O2.C16H29NO.C15H29NO2.C14H25NO2/c1-12-10-15(18-11-12)16(20)19-8-6-14(7-9-19)13(2)17(3,4)5;1-11(16(2,3)4)12-5-7-18(8-6-12)15(20)14-9-13(19)10-17-14;1-12(16(2,3)4)13-8-10-17(11-9-13)15(18)14-6-5-7-14;1-6-13(17)14(18)16-9-7-12(8-10-16)11(2)15(3,4)5;1-10(14(3,4)5)12-6-8-15(9-7-12)13(17)11(2)16/h12-15,18H,6-11H2,1-5H3;11-14,17,19H,5-10H2,1-4H3;12-14H,5-11H2,1-4H3;11-13,17H,6-10H2,1-5H3;10,12H,6-9H2,1-5H3/t12-,13+,15+;11-,13-,14-;12-;11-,13?;10-/m01111/s1. The van der Waals surface area contributed by atoms with Gasteiger partial charge in [0.2, 0.25) is 23.5 Å². The van der Waals surface area contributed by atoms with Crippen molar-refractivity contribution in [2.24, 2.45) is 98.1 Å². The molecule has 0 bridgehead atoms. The third-order valence-electron chi connectivity index (χ3n) is 25.1. The molecule has 540 valence electrons. The molecule has 1 aliphatic carbocycles. The van der Waals surface area contributed by atoms with E-state index in [4.69, 9.17) is 0 Å². The van der Waals surface area contributed by atoms with E-state index in [-0.39, 0.29) is 41.7 Å². The Labute approximate surface area is 569 Å². The second kappa shape index (κ2) is 36.1. The molecular formula is C78H145N7O8. The van der Waals surface area contributed by atoms with Crippen molar-refractivity contribution in [3.8, 4) is 0 Å². The number of piperidine rings is 5. The van der Waals surface area contributed by atoms with Gasteiger partial charge in [-0.05, 0) is 195 Å². The molecule has 10 atom stereocenters. The average Bonchev–Trinajstić information content (AvgIpc) is 1.79. The van der Waals surface area contributed by atoms with Crippen molar-refractivity contribution in [1.29, 1.82) is 0 Å². The van der Waals surface area contributed by atoms with Gasteiger partial charge < -0.3 is 45.3 Å². The minimum Gasteiger partial charge on any atom is -0.392 e. The number of nitrogens with one attached hydrogen (secondary N) is 2. The van der Waals surface area contributed by atoms with Crippen LogP contribution in [-0.4, -0.2) is 173 Å². The van der Waals surface area contributed by atoms with E-state index in [9.17, 15) is 39.0 Å². The van der Waals surface area contributed by atoms with Crippen LogP contribution in [0.25, 0.3) is 0 Å². The second-order valence-electron chi connectivity index (χ2n) is 36.3. The smallest absolute Gasteiger partial charge is 0.289 e. The fourth-order valence-corrected chi connectivity index (χ4v) is 15.6. The maximum absolute atomic E-state index is 12.5. The SMILES string of the molecule is CC(=O)C(=O)N1CCC([C@@H](C)C(C)(C)C)CC1.CCC(O)C(=O)N1CCC([C@@H](C)C(C)(C)C)CC1.C[C@@H]1CN[C@@H](C(=O)N2CCC([C@@H](C)C(C)(C)C)CC2)C1.C[C@H](C1CCN(C(=O)C2CCC2)CC1)C(C)(C)C.C[C@H](C1CCN(C(=O)[C@H]2C[C@@H](O)CN2)CC1)C(C)(C)C. The van der Waals surface area contributed by atoms with Gasteiger partial charge in [-0.1, -0.05) is 159 Å². The van der Waals surface area contributed by atoms with E-state index in [0.29, 0.717) is 99.7 Å². The maximum atomic E-state index is 12.5. The van der Waals surface area contributed by atoms with Crippen LogP contribution >= 0.6 is 0 Å². The van der Waals surface area contributed by atoms with E-state index in [1.54, 1.807) is 4.90 Å². The topological polar surface area (TPSA) is 183 Å². The number of rotatable bonds is 11. The Morgan fingerprint density at radius 2 is 0.699 bits per heavy atom. The molecule has 0 aromatic heterocycles. The number of carbonyl (C=O) groups is 6. The fourth-order valence-electron chi connectivity index (χ4n) is 15.6. The molecule has 8 fully saturated rings. The van der Waals surface area contributed by atoms with E-state index < -0.39 is 6.10 Å². The summed E-state index contributed by atoms with van der Waals surface area (Å²) in [6.07, 6.45) is 15.6. The Hall–Kier alpha value is -3.14. The molecule has 15 nitrogen and oxygen atoms in total. The molecule has 7 heterocycles. The molecule has 7 aliphatic heterocycles. The summed E-state index contributed by atoms with van der Waals surface area (Å²) in [7, 11) is 0. The molecule has 7 saturated heterocycles. The quantitative estimate of drug-likeness (QED) is 0.145. The first-order chi connectivity index (χ1) is 43.0. The molecule has 5 amide bonds. The van der Waals surface area contributed by atoms with Crippen molar-refractivity contribution in [2.45, 2.75) is 286 Å². The molecule has 15 heteroatoms. The van der Waals surface area contributed by atoms with Crippen molar-refractivity contribution in [2.75, 3.05) is 78.5 Å². The van der Waals surface area contributed by atoms with E-state index in [1.165, 1.54) is 39.0 Å². The lowest BCUT2D eigenvalue weighted by Gasteiger charge is -2.41. The van der Waals surface area contributed by atoms with Gasteiger partial charge in [0.1, 0.15) is 6.10 Å². The van der Waals surface area contributed by atoms with Gasteiger partial charge >= 0.3 is 0 Å². The number of hydrogen-bond acceptors (Lipinski definition) is 10. The van der Waals surface area contributed by atoms with Crippen LogP contribution in [0.15, 0.2) is 0 Å². The molecule has 1 unspecified atom stereocenters. The van der Waals surface area contributed by atoms with Crippen LogP contribution < -0.4 is 10.6 Å². The van der Waals surface area contributed by atoms with Gasteiger partial charge in [0.15, 0.2) is 0 Å². The van der Waals surface area contributed by atoms with E-state index in [0.717, 1.165) is 159 Å². The van der Waals surface area contributed by atoms with Crippen LogP contribution in [0.1, 0.15) is 262 Å². The first-order valence-electron chi connectivity index (χ1n) is 37.7. The van der Waals surface area contributed by atoms with Crippen LogP contribution in [0.5, 0.6) is 0 Å². The number of hydrogen-bond donors (Lipinski definition) is 4. The Morgan fingerprint density at radius 3 is 0.935 bits per heavy atom. The van der Waals surface area contributed by atoms with Gasteiger partial charge in [-0.3, -0.25) is 28.8 Å². The third-order valence-corrected chi connectivity index (χ3v) is 25.1. The summed E-state index contributed by atoms with van der Waals surface area (Å²) in [6, 6.07) is -0.0804. The molecular weight excluding hydrogens is 1160 g/mol. The summed E-state index contributed by atoms with van der Waals surface area (Å²) in [6.45, 7) is 62.0. The molecule has 4 N–H and O–H groups in total. The predicted molar refractivity (Wildman–Crippen MR) is 382 cm³/mol. The zero-order valence-electron chi connectivity index (χ0n) is 64.1. The zero-order valence-corrected chi connectivity index (χ0v) is 64.1. The highest BCUT2D eigenvalue weighted by Crippen LogP contribution is 2.42. The molecule has 8 aliphatic rings. The lowest BCUT2D eigenvalue weighted by Crippen LogP contribution is -2.48. The van der Waals surface area contributed by atoms with Crippen molar-refractivity contribution >= 4 is 35.3 Å². The summed E-state index contributed by atoms with van der Waals surface area (Å²) >= 11 is 0. The minimum atomic E-state index is -0.804. The van der Waals surface area contributed by atoms with E-state index in [1.807, 2.05) is 16.7 Å². The minimum absolute atomic E-state index is 0.0839. The number of amides is 5. The van der Waals surface area contributed by atoms with Gasteiger partial charge in [0, 0.05) is 84.8 Å². The predicted octanol–water partition coefficient (Wildman–Crippen LogP) is 13.4. The number of β-amino-alcohol motifs (C(OH)–C–C–N with tert-alkyl or cyclic N) is 1. The first kappa shape index (κ1) is 82.3. The molecule has 1 saturated carbocycles. The maximum Gasteiger partial charge on any atom is 0.289 e. The van der Waals surface area contributed by atoms with Crippen LogP contribution in [-0.2, 0) is 28.8 Å². The normalized spacial score (nSPS) is 25.8. The number of likely N-dealkylation sites (tertiary alicyclic amines) is 5. The Balaban J connectivity index is 0.000000248. The summed E-state index contributed by atoms with van der Waals surface area (Å²) in [5.74, 6) is 8.41. The summed E-state index contributed by atoms with van der Waals surface area (Å²) < 4.78 is 0. The number of ketones is 1. The van der Waals surface area contributed by atoms with Crippen LogP contribution in [0.4, 0.5) is 0 Å². The Kier molecular flexibility index (Phi) is 31.9. The number of aliphatic hydroxyl groups excluding tert-OH is 2. The monoisotopic (exact) mass is 1310 g/mol. The van der Waals surface area contributed by atoms with Crippen LogP contribution in [0, 0.1) is 98.1 Å². The summed E-state index contributed by atoms with van der Waals surface area (Å²) in [5, 5.41) is 25.6. The van der Waals surface area contributed by atoms with Crippen LogP contribution in [0.2, 0.25) is 0 Å². The molecule has 8 rings (SSSR count). The zero-order chi connectivity index (χ0) is 70.3. The first-order valence-corrected chi connectivity index (χ1v) is 37.7. The Morgan fingerprint density at radius 1 is 0.419 bits per heavy atom. The van der Waals surface area contributed by atoms with Crippen molar-refractivity contribution in [3.63, 3.8) is 0 Å². The number of nitrogens with zero attached hydrogens (tertiary/aromatic N) is 5. The Bertz CT molecular complexity index is 2160. The highest BCUT2D eigenvalue weighted by atomic mass is 16.3. The van der Waals surface area contributed by atoms with E-state index >= 15 is 0 Å². The summed E-state index contributed by atoms with van der Waals surface area (Å²) in [5.41, 5.74) is 1.76. The molecule has 0 radical (unpaired) electrons. The lowest BCUT2D eigenvalue weighted by molar-refractivity contribution is -0.144. The van der Waals surface area contributed by atoms with Crippen molar-refractivity contribution in [3.05, 3.63) is 0 Å². The molecule has 93 heavy (non-hydrogen) atoms. The molecule has 0 spiro atoms. The highest BCUT2D eigenvalue weighted by molar-refractivity contribution is 6.35. The third kappa shape index (κ3) is 25.3. The highest BCUT2D eigenvalue weighted by Gasteiger charge is 2.41. The average molecular weight is 1310 g/mol. The largest absolute Gasteiger partial charge is 0.392 e. The second-order valence-corrected chi connectivity index (χ2v) is 36.3. The van der Waals surface area contributed by atoms with Gasteiger partial charge in [-0.15, -0.1) is 0 Å². The molecule has 0 aromatic rings.